The smallest absolute Gasteiger partial charge is 0.248 e. The Morgan fingerprint density at radius 3 is 2.70 bits per heavy atom. The van der Waals surface area contributed by atoms with Gasteiger partial charge in [-0.3, -0.25) is 4.79 Å². The molecule has 3 aromatic rings. The minimum atomic E-state index is -0.149. The number of rotatable bonds is 5. The zero-order valence-electron chi connectivity index (χ0n) is 15.1. The lowest BCUT2D eigenvalue weighted by atomic mass is 10.1. The fraction of sp³-hybridized carbons (Fsp3) is 0.182. The molecule has 1 aromatic heterocycles. The van der Waals surface area contributed by atoms with E-state index in [1.54, 1.807) is 17.0 Å². The van der Waals surface area contributed by atoms with Crippen LogP contribution in [0.15, 0.2) is 73.1 Å². The van der Waals surface area contributed by atoms with Crippen molar-refractivity contribution >= 4 is 23.4 Å². The van der Waals surface area contributed by atoms with Crippen LogP contribution in [0.4, 0.5) is 11.4 Å². The molecule has 0 unspecified atom stereocenters. The first-order valence-corrected chi connectivity index (χ1v) is 9.23. The predicted octanol–water partition coefficient (Wildman–Crippen LogP) is 4.12. The molecule has 1 amide bonds. The van der Waals surface area contributed by atoms with E-state index < -0.39 is 0 Å². The molecule has 0 radical (unpaired) electrons. The van der Waals surface area contributed by atoms with Crippen molar-refractivity contribution in [2.45, 2.75) is 12.8 Å². The average molecular weight is 358 g/mol. The van der Waals surface area contributed by atoms with Crippen LogP contribution >= 0.6 is 0 Å². The lowest BCUT2D eigenvalue weighted by Crippen LogP contribution is -2.17. The lowest BCUT2D eigenvalue weighted by Gasteiger charge is -2.18. The molecule has 0 spiro atoms. The molecule has 1 fully saturated rings. The minimum absolute atomic E-state index is 0.149. The normalized spacial score (nSPS) is 14.0. The molecule has 0 aliphatic carbocycles. The van der Waals surface area contributed by atoms with Gasteiger partial charge in [0.05, 0.1) is 5.69 Å². The van der Waals surface area contributed by atoms with E-state index in [0.717, 1.165) is 30.0 Å². The summed E-state index contributed by atoms with van der Waals surface area (Å²) >= 11 is 0. The molecule has 1 saturated heterocycles. The number of nitrogens with zero attached hydrogens (tertiary/aromatic N) is 3. The van der Waals surface area contributed by atoms with Crippen LogP contribution < -0.4 is 10.2 Å². The van der Waals surface area contributed by atoms with E-state index in [-0.39, 0.29) is 5.91 Å². The number of amides is 1. The molecule has 5 heteroatoms. The van der Waals surface area contributed by atoms with E-state index in [9.17, 15) is 4.79 Å². The number of hydrogen-bond donors (Lipinski definition) is 1. The number of hydrogen-bond acceptors (Lipinski definition) is 3. The fourth-order valence-electron chi connectivity index (χ4n) is 3.35. The second-order valence-electron chi connectivity index (χ2n) is 6.58. The summed E-state index contributed by atoms with van der Waals surface area (Å²) in [6.45, 7) is 2.17. The van der Waals surface area contributed by atoms with Gasteiger partial charge in [0, 0.05) is 48.5 Å². The highest BCUT2D eigenvalue weighted by molar-refractivity contribution is 6.02. The summed E-state index contributed by atoms with van der Waals surface area (Å²) in [5.41, 5.74) is 3.84. The van der Waals surface area contributed by atoms with Crippen molar-refractivity contribution in [3.63, 3.8) is 0 Å². The third-order valence-corrected chi connectivity index (χ3v) is 4.69. The van der Waals surface area contributed by atoms with Gasteiger partial charge in [-0.25, -0.2) is 4.68 Å². The van der Waals surface area contributed by atoms with Crippen LogP contribution in [-0.2, 0) is 4.79 Å². The van der Waals surface area contributed by atoms with Crippen LogP contribution in [0.2, 0.25) is 0 Å². The molecule has 1 aliphatic heterocycles. The van der Waals surface area contributed by atoms with Gasteiger partial charge in [0.2, 0.25) is 5.91 Å². The van der Waals surface area contributed by atoms with Crippen LogP contribution in [0.5, 0.6) is 0 Å². The first kappa shape index (κ1) is 17.1. The second-order valence-corrected chi connectivity index (χ2v) is 6.58. The molecule has 1 N–H and O–H groups in total. The Bertz CT molecular complexity index is 940. The summed E-state index contributed by atoms with van der Waals surface area (Å²) in [5, 5.41) is 7.22. The van der Waals surface area contributed by atoms with E-state index in [4.69, 9.17) is 0 Å². The molecule has 0 bridgehead atoms. The van der Waals surface area contributed by atoms with Gasteiger partial charge in [0.1, 0.15) is 0 Å². The zero-order valence-corrected chi connectivity index (χ0v) is 15.1. The highest BCUT2D eigenvalue weighted by Crippen LogP contribution is 2.23. The zero-order chi connectivity index (χ0) is 18.5. The van der Waals surface area contributed by atoms with Crippen molar-refractivity contribution in [2.75, 3.05) is 23.3 Å². The van der Waals surface area contributed by atoms with E-state index >= 15 is 0 Å². The SMILES string of the molecule is O=C(/C=C/c1ccccc1-n1cccn1)Nc1cccc(N2CCCC2)c1. The number of anilines is 2. The fourth-order valence-corrected chi connectivity index (χ4v) is 3.35. The molecular weight excluding hydrogens is 336 g/mol. The van der Waals surface area contributed by atoms with Crippen LogP contribution in [-0.4, -0.2) is 28.8 Å². The van der Waals surface area contributed by atoms with Crippen LogP contribution in [0, 0.1) is 0 Å². The van der Waals surface area contributed by atoms with Crippen LogP contribution in [0.25, 0.3) is 11.8 Å². The molecular formula is C22H22N4O. The Morgan fingerprint density at radius 1 is 1.04 bits per heavy atom. The number of aromatic nitrogens is 2. The summed E-state index contributed by atoms with van der Waals surface area (Å²) in [7, 11) is 0. The third kappa shape index (κ3) is 4.08. The monoisotopic (exact) mass is 358 g/mol. The van der Waals surface area contributed by atoms with Crippen molar-refractivity contribution in [1.82, 2.24) is 9.78 Å². The third-order valence-electron chi connectivity index (χ3n) is 4.69. The van der Waals surface area contributed by atoms with Gasteiger partial charge >= 0.3 is 0 Å². The quantitative estimate of drug-likeness (QED) is 0.698. The Balaban J connectivity index is 1.47. The maximum absolute atomic E-state index is 12.4. The molecule has 2 aromatic carbocycles. The number of benzene rings is 2. The summed E-state index contributed by atoms with van der Waals surface area (Å²) in [6, 6.07) is 17.8. The van der Waals surface area contributed by atoms with E-state index in [1.807, 2.05) is 60.8 Å². The Morgan fingerprint density at radius 2 is 1.89 bits per heavy atom. The lowest BCUT2D eigenvalue weighted by molar-refractivity contribution is -0.111. The number of para-hydroxylation sites is 1. The standard InChI is InChI=1S/C22H22N4O/c27-22(24-19-8-5-9-20(17-19)25-14-3-4-15-25)12-11-18-7-1-2-10-21(18)26-16-6-13-23-26/h1-2,5-13,16-17H,3-4,14-15H2,(H,24,27)/b12-11+. The highest BCUT2D eigenvalue weighted by atomic mass is 16.1. The Kier molecular flexibility index (Phi) is 5.01. The molecule has 1 aliphatic rings. The van der Waals surface area contributed by atoms with Crippen molar-refractivity contribution in [2.24, 2.45) is 0 Å². The minimum Gasteiger partial charge on any atom is -0.371 e. The summed E-state index contributed by atoms with van der Waals surface area (Å²) < 4.78 is 1.79. The number of carbonyl (C=O) groups excluding carboxylic acids is 1. The molecule has 27 heavy (non-hydrogen) atoms. The molecule has 136 valence electrons. The number of carbonyl (C=O) groups is 1. The summed E-state index contributed by atoms with van der Waals surface area (Å²) in [4.78, 5) is 14.7. The summed E-state index contributed by atoms with van der Waals surface area (Å²) in [5.74, 6) is -0.149. The van der Waals surface area contributed by atoms with Crippen molar-refractivity contribution in [1.29, 1.82) is 0 Å². The summed E-state index contributed by atoms with van der Waals surface area (Å²) in [6.07, 6.45) is 9.46. The van der Waals surface area contributed by atoms with E-state index in [0.29, 0.717) is 0 Å². The average Bonchev–Trinajstić information content (AvgIpc) is 3.41. The topological polar surface area (TPSA) is 50.2 Å². The van der Waals surface area contributed by atoms with Crippen LogP contribution in [0.1, 0.15) is 18.4 Å². The van der Waals surface area contributed by atoms with Crippen molar-refractivity contribution in [3.05, 3.63) is 78.6 Å². The van der Waals surface area contributed by atoms with Gasteiger partial charge in [-0.15, -0.1) is 0 Å². The Hall–Kier alpha value is -3.34. The van der Waals surface area contributed by atoms with E-state index in [1.165, 1.54) is 18.5 Å². The molecule has 0 saturated carbocycles. The predicted molar refractivity (Wildman–Crippen MR) is 109 cm³/mol. The van der Waals surface area contributed by atoms with Crippen molar-refractivity contribution in [3.8, 4) is 5.69 Å². The van der Waals surface area contributed by atoms with E-state index in [2.05, 4.69) is 21.4 Å². The van der Waals surface area contributed by atoms with Gasteiger partial charge in [-0.1, -0.05) is 24.3 Å². The molecule has 5 nitrogen and oxygen atoms in total. The Labute approximate surface area is 158 Å². The molecule has 2 heterocycles. The maximum Gasteiger partial charge on any atom is 0.248 e. The highest BCUT2D eigenvalue weighted by Gasteiger charge is 2.12. The first-order chi connectivity index (χ1) is 13.3. The maximum atomic E-state index is 12.4. The molecule has 4 rings (SSSR count). The van der Waals surface area contributed by atoms with Crippen LogP contribution in [0.3, 0.4) is 0 Å². The van der Waals surface area contributed by atoms with Gasteiger partial charge in [-0.05, 0) is 49.2 Å². The number of nitrogens with one attached hydrogen (secondary N) is 1. The second kappa shape index (κ2) is 7.91. The van der Waals surface area contributed by atoms with Gasteiger partial charge in [0.15, 0.2) is 0 Å². The molecule has 0 atom stereocenters. The largest absolute Gasteiger partial charge is 0.371 e. The van der Waals surface area contributed by atoms with Gasteiger partial charge < -0.3 is 10.2 Å². The van der Waals surface area contributed by atoms with Gasteiger partial charge in [0.25, 0.3) is 0 Å². The van der Waals surface area contributed by atoms with Gasteiger partial charge in [-0.2, -0.15) is 5.10 Å². The van der Waals surface area contributed by atoms with Crippen molar-refractivity contribution < 1.29 is 4.79 Å². The first-order valence-electron chi connectivity index (χ1n) is 9.23.